The Hall–Kier alpha value is -1.20. The van der Waals surface area contributed by atoms with Gasteiger partial charge in [-0.1, -0.05) is 24.6 Å². The third-order valence-corrected chi connectivity index (χ3v) is 4.48. The summed E-state index contributed by atoms with van der Waals surface area (Å²) in [6.45, 7) is 6.92. The monoisotopic (exact) mass is 269 g/mol. The molecule has 0 aromatic heterocycles. The van der Waals surface area contributed by atoms with Crippen molar-refractivity contribution in [2.45, 2.75) is 45.1 Å². The standard InChI is InChI=1S/C13H19NO3S/c1-5-12(15)11(4)14-18(16,17)13-7-6-9(2)8-10(13)3/h6-8,11,14H,5H2,1-4H3. The van der Waals surface area contributed by atoms with Crippen molar-refractivity contribution >= 4 is 15.8 Å². The van der Waals surface area contributed by atoms with Crippen LogP contribution in [0.5, 0.6) is 0 Å². The Kier molecular flexibility index (Phi) is 4.65. The predicted octanol–water partition coefficient (Wildman–Crippen LogP) is 1.95. The highest BCUT2D eigenvalue weighted by Gasteiger charge is 2.22. The first-order valence-corrected chi connectivity index (χ1v) is 7.38. The summed E-state index contributed by atoms with van der Waals surface area (Å²) in [7, 11) is -3.63. The quantitative estimate of drug-likeness (QED) is 0.888. The van der Waals surface area contributed by atoms with Crippen LogP contribution in [-0.4, -0.2) is 20.2 Å². The molecule has 1 rings (SSSR count). The number of sulfonamides is 1. The summed E-state index contributed by atoms with van der Waals surface area (Å²) in [4.78, 5) is 11.7. The van der Waals surface area contributed by atoms with Gasteiger partial charge in [-0.05, 0) is 32.4 Å². The van der Waals surface area contributed by atoms with E-state index in [1.807, 2.05) is 6.92 Å². The molecule has 0 aliphatic rings. The van der Waals surface area contributed by atoms with E-state index in [0.717, 1.165) is 5.56 Å². The highest BCUT2D eigenvalue weighted by Crippen LogP contribution is 2.16. The maximum absolute atomic E-state index is 12.1. The van der Waals surface area contributed by atoms with Crippen LogP contribution in [-0.2, 0) is 14.8 Å². The van der Waals surface area contributed by atoms with Crippen molar-refractivity contribution in [2.75, 3.05) is 0 Å². The van der Waals surface area contributed by atoms with Crippen LogP contribution in [0.1, 0.15) is 31.4 Å². The molecule has 1 aromatic rings. The fourth-order valence-corrected chi connectivity index (χ4v) is 3.22. The molecule has 5 heteroatoms. The number of aryl methyl sites for hydroxylation is 2. The maximum Gasteiger partial charge on any atom is 0.241 e. The van der Waals surface area contributed by atoms with Crippen molar-refractivity contribution < 1.29 is 13.2 Å². The number of hydrogen-bond donors (Lipinski definition) is 1. The van der Waals surface area contributed by atoms with Crippen LogP contribution >= 0.6 is 0 Å². The number of Topliss-reactive ketones (excluding diaryl/α,β-unsaturated/α-hetero) is 1. The Bertz CT molecular complexity index is 549. The van der Waals surface area contributed by atoms with Gasteiger partial charge in [0.2, 0.25) is 10.0 Å². The molecule has 0 aliphatic carbocycles. The molecule has 1 atom stereocenters. The number of rotatable bonds is 5. The number of carbonyl (C=O) groups excluding carboxylic acids is 1. The second-order valence-corrected chi connectivity index (χ2v) is 6.11. The van der Waals surface area contributed by atoms with E-state index in [2.05, 4.69) is 4.72 Å². The Morgan fingerprint density at radius 1 is 1.33 bits per heavy atom. The molecule has 0 radical (unpaired) electrons. The topological polar surface area (TPSA) is 63.2 Å². The van der Waals surface area contributed by atoms with Crippen LogP contribution in [0.2, 0.25) is 0 Å². The molecule has 0 heterocycles. The van der Waals surface area contributed by atoms with Gasteiger partial charge in [-0.2, -0.15) is 0 Å². The van der Waals surface area contributed by atoms with Crippen LogP contribution in [0.25, 0.3) is 0 Å². The molecule has 0 aliphatic heterocycles. The van der Waals surface area contributed by atoms with Crippen LogP contribution in [0, 0.1) is 13.8 Å². The van der Waals surface area contributed by atoms with Gasteiger partial charge in [0.05, 0.1) is 10.9 Å². The Balaban J connectivity index is 3.04. The lowest BCUT2D eigenvalue weighted by atomic mass is 10.2. The van der Waals surface area contributed by atoms with Gasteiger partial charge in [0.1, 0.15) is 5.78 Å². The van der Waals surface area contributed by atoms with Crippen LogP contribution < -0.4 is 4.72 Å². The van der Waals surface area contributed by atoms with Gasteiger partial charge in [-0.3, -0.25) is 4.79 Å². The first-order chi connectivity index (χ1) is 8.27. The van der Waals surface area contributed by atoms with Gasteiger partial charge in [0.15, 0.2) is 0 Å². The van der Waals surface area contributed by atoms with Crippen molar-refractivity contribution in [1.29, 1.82) is 0 Å². The second-order valence-electron chi connectivity index (χ2n) is 4.43. The summed E-state index contributed by atoms with van der Waals surface area (Å²) in [5.41, 5.74) is 1.68. The number of nitrogens with one attached hydrogen (secondary N) is 1. The van der Waals surface area contributed by atoms with Crippen molar-refractivity contribution in [3.63, 3.8) is 0 Å². The Labute approximate surface area is 108 Å². The first kappa shape index (κ1) is 14.9. The minimum Gasteiger partial charge on any atom is -0.298 e. The Morgan fingerprint density at radius 3 is 2.44 bits per heavy atom. The summed E-state index contributed by atoms with van der Waals surface area (Å²) >= 11 is 0. The molecule has 18 heavy (non-hydrogen) atoms. The average molecular weight is 269 g/mol. The molecule has 0 fully saturated rings. The molecule has 4 nitrogen and oxygen atoms in total. The van der Waals surface area contributed by atoms with Crippen molar-refractivity contribution in [3.05, 3.63) is 29.3 Å². The highest BCUT2D eigenvalue weighted by atomic mass is 32.2. The van der Waals surface area contributed by atoms with Gasteiger partial charge in [0, 0.05) is 6.42 Å². The molecular formula is C13H19NO3S. The zero-order valence-electron chi connectivity index (χ0n) is 11.1. The van der Waals surface area contributed by atoms with Crippen molar-refractivity contribution in [1.82, 2.24) is 4.72 Å². The van der Waals surface area contributed by atoms with Gasteiger partial charge >= 0.3 is 0 Å². The molecule has 0 spiro atoms. The number of hydrogen-bond acceptors (Lipinski definition) is 3. The van der Waals surface area contributed by atoms with Gasteiger partial charge in [0.25, 0.3) is 0 Å². The van der Waals surface area contributed by atoms with Gasteiger partial charge < -0.3 is 0 Å². The number of ketones is 1. The minimum atomic E-state index is -3.63. The summed E-state index contributed by atoms with van der Waals surface area (Å²) in [6, 6.07) is 4.42. The maximum atomic E-state index is 12.1. The molecule has 0 amide bonds. The predicted molar refractivity (Wildman–Crippen MR) is 71.0 cm³/mol. The third kappa shape index (κ3) is 3.40. The first-order valence-electron chi connectivity index (χ1n) is 5.90. The summed E-state index contributed by atoms with van der Waals surface area (Å²) < 4.78 is 26.7. The second kappa shape index (κ2) is 5.63. The van der Waals surface area contributed by atoms with E-state index in [0.29, 0.717) is 12.0 Å². The van der Waals surface area contributed by atoms with E-state index in [4.69, 9.17) is 0 Å². The lowest BCUT2D eigenvalue weighted by Gasteiger charge is -2.14. The van der Waals surface area contributed by atoms with E-state index < -0.39 is 16.1 Å². The molecular weight excluding hydrogens is 250 g/mol. The average Bonchev–Trinajstić information content (AvgIpc) is 2.26. The SMILES string of the molecule is CCC(=O)C(C)NS(=O)(=O)c1ccc(C)cc1C. The minimum absolute atomic E-state index is 0.122. The lowest BCUT2D eigenvalue weighted by Crippen LogP contribution is -2.38. The van der Waals surface area contributed by atoms with Gasteiger partial charge in [-0.25, -0.2) is 13.1 Å². The zero-order valence-corrected chi connectivity index (χ0v) is 12.0. The summed E-state index contributed by atoms with van der Waals surface area (Å²) in [6.07, 6.45) is 0.316. The van der Waals surface area contributed by atoms with E-state index in [-0.39, 0.29) is 10.7 Å². The molecule has 0 saturated carbocycles. The van der Waals surface area contributed by atoms with Crippen molar-refractivity contribution in [2.24, 2.45) is 0 Å². The Morgan fingerprint density at radius 2 is 1.94 bits per heavy atom. The lowest BCUT2D eigenvalue weighted by molar-refractivity contribution is -0.119. The van der Waals surface area contributed by atoms with Crippen molar-refractivity contribution in [3.8, 4) is 0 Å². The third-order valence-electron chi connectivity index (χ3n) is 2.78. The van der Waals surface area contributed by atoms with Crippen LogP contribution in [0.15, 0.2) is 23.1 Å². The molecule has 1 N–H and O–H groups in total. The number of benzene rings is 1. The summed E-state index contributed by atoms with van der Waals surface area (Å²) in [5, 5.41) is 0. The van der Waals surface area contributed by atoms with E-state index in [1.165, 1.54) is 0 Å². The number of carbonyl (C=O) groups is 1. The van der Waals surface area contributed by atoms with E-state index >= 15 is 0 Å². The van der Waals surface area contributed by atoms with Crippen LogP contribution in [0.3, 0.4) is 0 Å². The van der Waals surface area contributed by atoms with E-state index in [9.17, 15) is 13.2 Å². The smallest absolute Gasteiger partial charge is 0.241 e. The molecule has 100 valence electrons. The molecule has 1 aromatic carbocycles. The van der Waals surface area contributed by atoms with Crippen LogP contribution in [0.4, 0.5) is 0 Å². The molecule has 1 unspecified atom stereocenters. The largest absolute Gasteiger partial charge is 0.298 e. The highest BCUT2D eigenvalue weighted by molar-refractivity contribution is 7.89. The fourth-order valence-electron chi connectivity index (χ4n) is 1.77. The van der Waals surface area contributed by atoms with Gasteiger partial charge in [-0.15, -0.1) is 0 Å². The zero-order chi connectivity index (χ0) is 13.9. The van der Waals surface area contributed by atoms with E-state index in [1.54, 1.807) is 39.0 Å². The fraction of sp³-hybridized carbons (Fsp3) is 0.462. The molecule has 0 bridgehead atoms. The summed E-state index contributed by atoms with van der Waals surface area (Å²) in [5.74, 6) is -0.122. The molecule has 0 saturated heterocycles. The normalized spacial score (nSPS) is 13.3.